The molecule has 2 amide bonds. The van der Waals surface area contributed by atoms with Crippen LogP contribution >= 0.6 is 0 Å². The monoisotopic (exact) mass is 203 g/mol. The second kappa shape index (κ2) is 3.71. The Kier molecular flexibility index (Phi) is 2.40. The van der Waals surface area contributed by atoms with Crippen molar-refractivity contribution in [3.05, 3.63) is 24.3 Å². The molecule has 2 rings (SSSR count). The van der Waals surface area contributed by atoms with Gasteiger partial charge < -0.3 is 0 Å². The third-order valence-corrected chi connectivity index (χ3v) is 2.38. The first kappa shape index (κ1) is 9.69. The molecule has 2 aliphatic rings. The van der Waals surface area contributed by atoms with Gasteiger partial charge in [0.05, 0.1) is 11.8 Å². The third kappa shape index (κ3) is 1.47. The SMILES string of the molecule is C#CCON1C(=O)C2C=CC=CC2C1=O. The number of fused-ring (bicyclic) bond motifs is 1. The first-order valence-corrected chi connectivity index (χ1v) is 4.55. The molecule has 0 spiro atoms. The van der Waals surface area contributed by atoms with E-state index < -0.39 is 11.8 Å². The number of hydrogen-bond acceptors (Lipinski definition) is 3. The summed E-state index contributed by atoms with van der Waals surface area (Å²) in [6, 6.07) is 0. The maximum absolute atomic E-state index is 11.7. The maximum atomic E-state index is 11.7. The second-order valence-electron chi connectivity index (χ2n) is 3.27. The fraction of sp³-hybridized carbons (Fsp3) is 0.273. The number of amides is 2. The highest BCUT2D eigenvalue weighted by atomic mass is 16.7. The molecule has 1 heterocycles. The quantitative estimate of drug-likeness (QED) is 0.478. The van der Waals surface area contributed by atoms with Gasteiger partial charge in [-0.05, 0) is 0 Å². The van der Waals surface area contributed by atoms with Crippen molar-refractivity contribution in [1.82, 2.24) is 5.06 Å². The van der Waals surface area contributed by atoms with E-state index in [0.717, 1.165) is 5.06 Å². The van der Waals surface area contributed by atoms with Crippen molar-refractivity contribution in [3.63, 3.8) is 0 Å². The molecular formula is C11H9NO3. The van der Waals surface area contributed by atoms with Crippen LogP contribution in [-0.4, -0.2) is 23.5 Å². The van der Waals surface area contributed by atoms with Crippen molar-refractivity contribution in [2.45, 2.75) is 0 Å². The highest BCUT2D eigenvalue weighted by Gasteiger charge is 2.46. The molecule has 76 valence electrons. The minimum Gasteiger partial charge on any atom is -0.271 e. The summed E-state index contributed by atoms with van der Waals surface area (Å²) in [4.78, 5) is 28.3. The summed E-state index contributed by atoms with van der Waals surface area (Å²) in [5.41, 5.74) is 0. The molecule has 15 heavy (non-hydrogen) atoms. The Labute approximate surface area is 87.1 Å². The first-order chi connectivity index (χ1) is 7.25. The number of carbonyl (C=O) groups is 2. The van der Waals surface area contributed by atoms with Crippen LogP contribution in [0.25, 0.3) is 0 Å². The predicted molar refractivity (Wildman–Crippen MR) is 51.9 cm³/mol. The number of allylic oxidation sites excluding steroid dienone is 2. The first-order valence-electron chi connectivity index (χ1n) is 4.55. The van der Waals surface area contributed by atoms with Crippen molar-refractivity contribution in [3.8, 4) is 12.3 Å². The molecule has 0 N–H and O–H groups in total. The molecule has 4 heteroatoms. The van der Waals surface area contributed by atoms with Crippen LogP contribution in [0.3, 0.4) is 0 Å². The Bertz CT molecular complexity index is 373. The van der Waals surface area contributed by atoms with Crippen LogP contribution in [-0.2, 0) is 14.4 Å². The van der Waals surface area contributed by atoms with Gasteiger partial charge in [-0.15, -0.1) is 6.42 Å². The van der Waals surface area contributed by atoms with E-state index in [1.54, 1.807) is 24.3 Å². The molecule has 2 unspecified atom stereocenters. The minimum atomic E-state index is -0.430. The number of hydrogen-bond donors (Lipinski definition) is 0. The van der Waals surface area contributed by atoms with E-state index in [4.69, 9.17) is 11.3 Å². The van der Waals surface area contributed by atoms with E-state index in [9.17, 15) is 9.59 Å². The minimum absolute atomic E-state index is 0.0790. The Morgan fingerprint density at radius 2 is 1.80 bits per heavy atom. The van der Waals surface area contributed by atoms with Crippen LogP contribution in [0.1, 0.15) is 0 Å². The van der Waals surface area contributed by atoms with Gasteiger partial charge in [-0.1, -0.05) is 30.2 Å². The van der Waals surface area contributed by atoms with Gasteiger partial charge in [0.1, 0.15) is 6.61 Å². The predicted octanol–water partition coefficient (Wildman–Crippen LogP) is 0.278. The smallest absolute Gasteiger partial charge is 0.261 e. The lowest BCUT2D eigenvalue weighted by Crippen LogP contribution is -2.31. The van der Waals surface area contributed by atoms with Crippen molar-refractivity contribution < 1.29 is 14.4 Å². The van der Waals surface area contributed by atoms with Gasteiger partial charge in [0.15, 0.2) is 0 Å². The standard InChI is InChI=1S/C11H9NO3/c1-2-7-15-12-10(13)8-5-3-4-6-9(8)11(12)14/h1,3-6,8-9H,7H2. The number of terminal acetylenes is 1. The zero-order valence-electron chi connectivity index (χ0n) is 7.92. The fourth-order valence-corrected chi connectivity index (χ4v) is 1.69. The normalized spacial score (nSPS) is 28.1. The summed E-state index contributed by atoms with van der Waals surface area (Å²) in [5, 5.41) is 0.773. The Hall–Kier alpha value is -1.86. The van der Waals surface area contributed by atoms with Crippen LogP contribution in [0.5, 0.6) is 0 Å². The van der Waals surface area contributed by atoms with Gasteiger partial charge in [-0.25, -0.2) is 0 Å². The van der Waals surface area contributed by atoms with E-state index >= 15 is 0 Å². The summed E-state index contributed by atoms with van der Waals surface area (Å²) in [7, 11) is 0. The van der Waals surface area contributed by atoms with E-state index in [1.165, 1.54) is 0 Å². The summed E-state index contributed by atoms with van der Waals surface area (Å²) >= 11 is 0. The lowest BCUT2D eigenvalue weighted by Gasteiger charge is -2.10. The Morgan fingerprint density at radius 3 is 2.27 bits per heavy atom. The second-order valence-corrected chi connectivity index (χ2v) is 3.27. The summed E-state index contributed by atoms with van der Waals surface area (Å²) in [6.45, 7) is -0.0790. The van der Waals surface area contributed by atoms with Crippen LogP contribution in [0.2, 0.25) is 0 Å². The molecule has 1 saturated heterocycles. The average molecular weight is 203 g/mol. The van der Waals surface area contributed by atoms with E-state index in [2.05, 4.69) is 5.92 Å². The topological polar surface area (TPSA) is 46.6 Å². The summed E-state index contributed by atoms with van der Waals surface area (Å²) < 4.78 is 0. The molecule has 1 fully saturated rings. The van der Waals surface area contributed by atoms with E-state index in [0.29, 0.717) is 0 Å². The molecule has 2 atom stereocenters. The zero-order chi connectivity index (χ0) is 10.8. The lowest BCUT2D eigenvalue weighted by atomic mass is 9.91. The number of nitrogens with zero attached hydrogens (tertiary/aromatic N) is 1. The largest absolute Gasteiger partial charge is 0.271 e. The van der Waals surface area contributed by atoms with Gasteiger partial charge >= 0.3 is 0 Å². The van der Waals surface area contributed by atoms with Crippen molar-refractivity contribution in [2.75, 3.05) is 6.61 Å². The highest BCUT2D eigenvalue weighted by Crippen LogP contribution is 2.30. The van der Waals surface area contributed by atoms with Crippen LogP contribution in [0.15, 0.2) is 24.3 Å². The molecule has 0 aromatic carbocycles. The third-order valence-electron chi connectivity index (χ3n) is 2.38. The molecular weight excluding hydrogens is 194 g/mol. The molecule has 0 saturated carbocycles. The van der Waals surface area contributed by atoms with E-state index in [-0.39, 0.29) is 18.4 Å². The summed E-state index contributed by atoms with van der Waals surface area (Å²) in [5.74, 6) is 0.659. The van der Waals surface area contributed by atoms with Gasteiger partial charge in [-0.3, -0.25) is 14.4 Å². The van der Waals surface area contributed by atoms with Crippen LogP contribution < -0.4 is 0 Å². The Balaban J connectivity index is 2.20. The van der Waals surface area contributed by atoms with Crippen molar-refractivity contribution >= 4 is 11.8 Å². The number of carbonyl (C=O) groups excluding carboxylic acids is 2. The van der Waals surface area contributed by atoms with Gasteiger partial charge in [-0.2, -0.15) is 5.06 Å². The van der Waals surface area contributed by atoms with Crippen molar-refractivity contribution in [2.24, 2.45) is 11.8 Å². The molecule has 0 bridgehead atoms. The number of hydroxylamine groups is 2. The van der Waals surface area contributed by atoms with E-state index in [1.807, 2.05) is 0 Å². The highest BCUT2D eigenvalue weighted by molar-refractivity contribution is 6.06. The number of imide groups is 1. The van der Waals surface area contributed by atoms with Gasteiger partial charge in [0, 0.05) is 0 Å². The molecule has 0 aromatic rings. The van der Waals surface area contributed by atoms with Gasteiger partial charge in [0.25, 0.3) is 11.8 Å². The maximum Gasteiger partial charge on any atom is 0.261 e. The van der Waals surface area contributed by atoms with Crippen molar-refractivity contribution in [1.29, 1.82) is 0 Å². The molecule has 0 radical (unpaired) electrons. The van der Waals surface area contributed by atoms with Gasteiger partial charge in [0.2, 0.25) is 0 Å². The average Bonchev–Trinajstić information content (AvgIpc) is 2.51. The van der Waals surface area contributed by atoms with Crippen LogP contribution in [0, 0.1) is 24.2 Å². The Morgan fingerprint density at radius 1 is 1.27 bits per heavy atom. The number of rotatable bonds is 2. The van der Waals surface area contributed by atoms with Crippen LogP contribution in [0.4, 0.5) is 0 Å². The fourth-order valence-electron chi connectivity index (χ4n) is 1.69. The molecule has 4 nitrogen and oxygen atoms in total. The lowest BCUT2D eigenvalue weighted by molar-refractivity contribution is -0.184. The molecule has 1 aliphatic heterocycles. The molecule has 0 aromatic heterocycles. The zero-order valence-corrected chi connectivity index (χ0v) is 7.92. The summed E-state index contributed by atoms with van der Waals surface area (Å²) in [6.07, 6.45) is 11.9. The molecule has 1 aliphatic carbocycles.